The zero-order valence-corrected chi connectivity index (χ0v) is 14.1. The summed E-state index contributed by atoms with van der Waals surface area (Å²) >= 11 is 1.04. The first kappa shape index (κ1) is 17.7. The molecule has 0 radical (unpaired) electrons. The predicted octanol–water partition coefficient (Wildman–Crippen LogP) is 2.16. The number of anilines is 1. The maximum atomic E-state index is 13.8. The Bertz CT molecular complexity index is 957. The Morgan fingerprint density at radius 2 is 2.17 bits per heavy atom. The molecule has 0 bridgehead atoms. The summed E-state index contributed by atoms with van der Waals surface area (Å²) in [6.07, 6.45) is 0. The van der Waals surface area contributed by atoms with Crippen LogP contribution in [0.5, 0.6) is 5.75 Å². The standard InChI is InChI=1S/C14H11FN2O5S2/c1-3-4-12-16-13(7-23-12)24(20,21)17-10-6-9(15)8(14(18)19)5-11(10)22-2/h5-7,17H,1-2H3,(H,18,19). The Morgan fingerprint density at radius 1 is 1.46 bits per heavy atom. The number of hydrogen-bond donors (Lipinski definition) is 2. The summed E-state index contributed by atoms with van der Waals surface area (Å²) in [7, 11) is -2.90. The molecule has 2 aromatic rings. The van der Waals surface area contributed by atoms with Gasteiger partial charge in [0.2, 0.25) is 0 Å². The number of carboxylic acids is 1. The van der Waals surface area contributed by atoms with Gasteiger partial charge in [-0.2, -0.15) is 8.42 Å². The Morgan fingerprint density at radius 3 is 2.75 bits per heavy atom. The summed E-state index contributed by atoms with van der Waals surface area (Å²) in [5.74, 6) is 2.49. The number of sulfonamides is 1. The van der Waals surface area contributed by atoms with Crippen molar-refractivity contribution < 1.29 is 27.4 Å². The minimum absolute atomic E-state index is 0.138. The van der Waals surface area contributed by atoms with Crippen molar-refractivity contribution in [1.29, 1.82) is 0 Å². The number of ether oxygens (including phenoxy) is 1. The van der Waals surface area contributed by atoms with Crippen molar-refractivity contribution in [2.75, 3.05) is 11.8 Å². The summed E-state index contributed by atoms with van der Waals surface area (Å²) in [6.45, 7) is 1.59. The van der Waals surface area contributed by atoms with Crippen LogP contribution in [-0.2, 0) is 10.0 Å². The summed E-state index contributed by atoms with van der Waals surface area (Å²) < 4.78 is 45.5. The van der Waals surface area contributed by atoms with Gasteiger partial charge in [0.05, 0.1) is 18.4 Å². The largest absolute Gasteiger partial charge is 0.495 e. The van der Waals surface area contributed by atoms with Crippen LogP contribution in [0.1, 0.15) is 22.3 Å². The second-order valence-corrected chi connectivity index (χ2v) is 6.80. The minimum Gasteiger partial charge on any atom is -0.495 e. The van der Waals surface area contributed by atoms with Crippen LogP contribution in [0.4, 0.5) is 10.1 Å². The van der Waals surface area contributed by atoms with E-state index in [-0.39, 0.29) is 16.5 Å². The first-order chi connectivity index (χ1) is 11.3. The third-order valence-corrected chi connectivity index (χ3v) is 4.91. The highest BCUT2D eigenvalue weighted by Crippen LogP contribution is 2.30. The monoisotopic (exact) mass is 370 g/mol. The fraction of sp³-hybridized carbons (Fsp3) is 0.143. The molecule has 0 saturated carbocycles. The number of hydrogen-bond acceptors (Lipinski definition) is 6. The summed E-state index contributed by atoms with van der Waals surface area (Å²) in [5, 5.41) is 10.2. The molecule has 0 fully saturated rings. The van der Waals surface area contributed by atoms with Crippen LogP contribution in [0.25, 0.3) is 0 Å². The quantitative estimate of drug-likeness (QED) is 0.782. The van der Waals surface area contributed by atoms with E-state index in [0.717, 1.165) is 23.5 Å². The van der Waals surface area contributed by atoms with Crippen LogP contribution in [0, 0.1) is 17.7 Å². The number of aromatic nitrogens is 1. The predicted molar refractivity (Wildman–Crippen MR) is 85.4 cm³/mol. The van der Waals surface area contributed by atoms with E-state index < -0.39 is 27.4 Å². The number of carboxylic acid groups (broad SMARTS) is 1. The van der Waals surface area contributed by atoms with Crippen LogP contribution in [-0.4, -0.2) is 31.6 Å². The normalized spacial score (nSPS) is 10.6. The summed E-state index contributed by atoms with van der Waals surface area (Å²) in [5.41, 5.74) is -0.875. The van der Waals surface area contributed by atoms with E-state index in [2.05, 4.69) is 21.5 Å². The maximum Gasteiger partial charge on any atom is 0.338 e. The number of halogens is 1. The van der Waals surface area contributed by atoms with Gasteiger partial charge < -0.3 is 9.84 Å². The number of thiazole rings is 1. The number of carbonyl (C=O) groups is 1. The van der Waals surface area contributed by atoms with Gasteiger partial charge in [-0.15, -0.1) is 11.3 Å². The number of nitrogens with zero attached hydrogens (tertiary/aromatic N) is 1. The van der Waals surface area contributed by atoms with Crippen molar-refractivity contribution in [3.05, 3.63) is 33.9 Å². The van der Waals surface area contributed by atoms with Crippen molar-refractivity contribution >= 4 is 33.0 Å². The summed E-state index contributed by atoms with van der Waals surface area (Å²) in [6, 6.07) is 1.63. The van der Waals surface area contributed by atoms with Crippen LogP contribution < -0.4 is 9.46 Å². The van der Waals surface area contributed by atoms with E-state index in [9.17, 15) is 17.6 Å². The molecule has 7 nitrogen and oxygen atoms in total. The van der Waals surface area contributed by atoms with Crippen LogP contribution in [0.2, 0.25) is 0 Å². The Kier molecular flexibility index (Phi) is 5.06. The van der Waals surface area contributed by atoms with E-state index in [1.165, 1.54) is 12.5 Å². The third kappa shape index (κ3) is 3.64. The van der Waals surface area contributed by atoms with Crippen molar-refractivity contribution in [2.24, 2.45) is 0 Å². The summed E-state index contributed by atoms with van der Waals surface area (Å²) in [4.78, 5) is 14.8. The number of aromatic carboxylic acids is 1. The number of nitrogens with one attached hydrogen (secondary N) is 1. The molecule has 1 aromatic heterocycles. The van der Waals surface area contributed by atoms with E-state index in [4.69, 9.17) is 9.84 Å². The maximum absolute atomic E-state index is 13.8. The molecule has 10 heteroatoms. The first-order valence-electron chi connectivity index (χ1n) is 6.30. The van der Waals surface area contributed by atoms with E-state index in [1.807, 2.05) is 0 Å². The van der Waals surface area contributed by atoms with Crippen molar-refractivity contribution in [3.8, 4) is 17.6 Å². The highest BCUT2D eigenvalue weighted by Gasteiger charge is 2.22. The Labute approximate surface area is 141 Å². The second-order valence-electron chi connectivity index (χ2n) is 4.31. The van der Waals surface area contributed by atoms with Gasteiger partial charge in [-0.05, 0) is 18.9 Å². The lowest BCUT2D eigenvalue weighted by atomic mass is 10.2. The zero-order chi connectivity index (χ0) is 17.9. The fourth-order valence-electron chi connectivity index (χ4n) is 1.71. The van der Waals surface area contributed by atoms with E-state index in [0.29, 0.717) is 5.01 Å². The van der Waals surface area contributed by atoms with E-state index in [1.54, 1.807) is 6.92 Å². The first-order valence-corrected chi connectivity index (χ1v) is 8.66. The van der Waals surface area contributed by atoms with Crippen LogP contribution in [0.15, 0.2) is 22.5 Å². The number of methoxy groups -OCH3 is 1. The molecule has 1 aromatic carbocycles. The van der Waals surface area contributed by atoms with Gasteiger partial charge in [0.1, 0.15) is 11.6 Å². The fourth-order valence-corrected chi connectivity index (χ4v) is 3.76. The lowest BCUT2D eigenvalue weighted by molar-refractivity contribution is 0.0691. The highest BCUT2D eigenvalue weighted by atomic mass is 32.2. The zero-order valence-electron chi connectivity index (χ0n) is 12.5. The third-order valence-electron chi connectivity index (χ3n) is 2.75. The highest BCUT2D eigenvalue weighted by molar-refractivity contribution is 7.92. The molecule has 0 atom stereocenters. The molecule has 0 aliphatic rings. The van der Waals surface area contributed by atoms with Gasteiger partial charge >= 0.3 is 5.97 Å². The van der Waals surface area contributed by atoms with Gasteiger partial charge in [0.25, 0.3) is 10.0 Å². The molecule has 0 unspecified atom stereocenters. The lowest BCUT2D eigenvalue weighted by Crippen LogP contribution is -2.15. The van der Waals surface area contributed by atoms with Crippen LogP contribution >= 0.6 is 11.3 Å². The molecule has 2 rings (SSSR count). The van der Waals surface area contributed by atoms with Crippen molar-refractivity contribution in [3.63, 3.8) is 0 Å². The van der Waals surface area contributed by atoms with Gasteiger partial charge in [0.15, 0.2) is 10.0 Å². The molecule has 0 aliphatic carbocycles. The average Bonchev–Trinajstić information content (AvgIpc) is 2.96. The smallest absolute Gasteiger partial charge is 0.338 e. The van der Waals surface area contributed by atoms with Crippen molar-refractivity contribution in [2.45, 2.75) is 11.9 Å². The molecular weight excluding hydrogens is 359 g/mol. The molecule has 0 saturated heterocycles. The Balaban J connectivity index is 2.42. The Hall–Kier alpha value is -2.64. The number of benzene rings is 1. The molecule has 0 spiro atoms. The van der Waals surface area contributed by atoms with Crippen LogP contribution in [0.3, 0.4) is 0 Å². The second kappa shape index (κ2) is 6.86. The van der Waals surface area contributed by atoms with Gasteiger partial charge in [0, 0.05) is 11.4 Å². The minimum atomic E-state index is -4.11. The van der Waals surface area contributed by atoms with Gasteiger partial charge in [-0.25, -0.2) is 14.2 Å². The van der Waals surface area contributed by atoms with E-state index >= 15 is 0 Å². The molecule has 2 N–H and O–H groups in total. The average molecular weight is 370 g/mol. The van der Waals surface area contributed by atoms with Gasteiger partial charge in [-0.3, -0.25) is 4.72 Å². The molecule has 0 aliphatic heterocycles. The molecular formula is C14H11FN2O5S2. The molecule has 0 amide bonds. The van der Waals surface area contributed by atoms with Gasteiger partial charge in [-0.1, -0.05) is 5.92 Å². The topological polar surface area (TPSA) is 106 Å². The van der Waals surface area contributed by atoms with Crippen molar-refractivity contribution in [1.82, 2.24) is 4.98 Å². The molecule has 24 heavy (non-hydrogen) atoms. The lowest BCUT2D eigenvalue weighted by Gasteiger charge is -2.12. The molecule has 1 heterocycles. The number of rotatable bonds is 5. The molecule has 126 valence electrons. The SMILES string of the molecule is CC#Cc1nc(S(=O)(=O)Nc2cc(F)c(C(=O)O)cc2OC)cs1.